The Kier molecular flexibility index (Phi) is 5.15. The van der Waals surface area contributed by atoms with Crippen molar-refractivity contribution in [1.29, 1.82) is 0 Å². The van der Waals surface area contributed by atoms with Crippen molar-refractivity contribution in [2.75, 3.05) is 38.1 Å². The first-order valence-corrected chi connectivity index (χ1v) is 10.8. The van der Waals surface area contributed by atoms with E-state index in [9.17, 15) is 9.59 Å². The molecule has 1 amide bonds. The van der Waals surface area contributed by atoms with Crippen LogP contribution >= 0.6 is 0 Å². The third-order valence-electron chi connectivity index (χ3n) is 6.42. The van der Waals surface area contributed by atoms with Crippen LogP contribution in [-0.2, 0) is 0 Å². The molecule has 2 aromatic heterocycles. The van der Waals surface area contributed by atoms with Crippen molar-refractivity contribution in [3.05, 3.63) is 64.5 Å². The third kappa shape index (κ3) is 3.79. The van der Waals surface area contributed by atoms with Crippen LogP contribution in [-0.4, -0.2) is 65.0 Å². The minimum atomic E-state index is -0.173. The van der Waals surface area contributed by atoms with E-state index in [1.807, 2.05) is 30.3 Å². The van der Waals surface area contributed by atoms with E-state index in [4.69, 9.17) is 4.98 Å². The van der Waals surface area contributed by atoms with Gasteiger partial charge in [-0.3, -0.25) is 14.5 Å². The second-order valence-electron chi connectivity index (χ2n) is 8.34. The number of anilines is 1. The van der Waals surface area contributed by atoms with Gasteiger partial charge >= 0.3 is 0 Å². The van der Waals surface area contributed by atoms with Crippen LogP contribution in [0.4, 0.5) is 5.69 Å². The van der Waals surface area contributed by atoms with Crippen molar-refractivity contribution in [3.63, 3.8) is 0 Å². The molecular formula is C23H26N6O2. The van der Waals surface area contributed by atoms with Gasteiger partial charge in [0.25, 0.3) is 11.5 Å². The smallest absolute Gasteiger partial charge is 0.269 e. The molecular weight excluding hydrogens is 392 g/mol. The number of fused-ring (bicyclic) bond motifs is 1. The number of likely N-dealkylation sites (tertiary alicyclic amines) is 1. The minimum absolute atomic E-state index is 0.0553. The Labute approximate surface area is 180 Å². The number of amides is 1. The number of hydrogen-bond acceptors (Lipinski definition) is 6. The molecule has 0 saturated carbocycles. The number of H-pyrrole nitrogens is 1. The summed E-state index contributed by atoms with van der Waals surface area (Å²) in [6, 6.07) is 11.7. The van der Waals surface area contributed by atoms with Gasteiger partial charge in [-0.15, -0.1) is 0 Å². The van der Waals surface area contributed by atoms with Crippen LogP contribution in [0.2, 0.25) is 0 Å². The molecule has 2 saturated heterocycles. The van der Waals surface area contributed by atoms with Gasteiger partial charge in [0, 0.05) is 38.6 Å². The third-order valence-corrected chi connectivity index (χ3v) is 6.42. The average molecular weight is 419 g/mol. The van der Waals surface area contributed by atoms with E-state index in [0.29, 0.717) is 17.1 Å². The summed E-state index contributed by atoms with van der Waals surface area (Å²) in [7, 11) is 1.60. The topological polar surface area (TPSA) is 94.2 Å². The monoisotopic (exact) mass is 418 g/mol. The summed E-state index contributed by atoms with van der Waals surface area (Å²) < 4.78 is 0. The number of aromatic amines is 1. The molecule has 160 valence electrons. The lowest BCUT2D eigenvalue weighted by Gasteiger charge is -2.48. The van der Waals surface area contributed by atoms with Gasteiger partial charge in [0.15, 0.2) is 0 Å². The SMILES string of the molecule is CNC(=O)c1ccc(N2CC(N3CCCC(c4nc5ccccc5c(=O)[nH]4)C3)C2)cn1. The lowest BCUT2D eigenvalue weighted by Crippen LogP contribution is -2.61. The summed E-state index contributed by atoms with van der Waals surface area (Å²) in [4.78, 5) is 41.0. The van der Waals surface area contributed by atoms with Gasteiger partial charge in [-0.25, -0.2) is 9.97 Å². The zero-order valence-electron chi connectivity index (χ0n) is 17.5. The number of carbonyl (C=O) groups excluding carboxylic acids is 1. The van der Waals surface area contributed by atoms with Crippen molar-refractivity contribution in [1.82, 2.24) is 25.2 Å². The molecule has 8 nitrogen and oxygen atoms in total. The highest BCUT2D eigenvalue weighted by Crippen LogP contribution is 2.30. The fourth-order valence-corrected chi connectivity index (χ4v) is 4.59. The zero-order valence-corrected chi connectivity index (χ0v) is 17.5. The van der Waals surface area contributed by atoms with Gasteiger partial charge in [-0.05, 0) is 43.7 Å². The molecule has 1 atom stereocenters. The van der Waals surface area contributed by atoms with Gasteiger partial charge in [-0.2, -0.15) is 0 Å². The Hall–Kier alpha value is -3.26. The first kappa shape index (κ1) is 19.7. The maximum atomic E-state index is 12.5. The molecule has 0 spiro atoms. The number of pyridine rings is 1. The summed E-state index contributed by atoms with van der Waals surface area (Å²) >= 11 is 0. The quantitative estimate of drug-likeness (QED) is 0.670. The lowest BCUT2D eigenvalue weighted by atomic mass is 9.93. The summed E-state index contributed by atoms with van der Waals surface area (Å²) in [6.45, 7) is 3.86. The zero-order chi connectivity index (χ0) is 21.4. The molecule has 2 aliphatic heterocycles. The average Bonchev–Trinajstić information content (AvgIpc) is 2.78. The molecule has 1 unspecified atom stereocenters. The molecule has 5 rings (SSSR count). The standard InChI is InChI=1S/C23H26N6O2/c1-24-23(31)20-9-8-16(11-25-20)29-13-17(14-29)28-10-4-5-15(12-28)21-26-19-7-3-2-6-18(19)22(30)27-21/h2-3,6-9,11,15,17H,4-5,10,12-14H2,1H3,(H,24,31)(H,26,27,30). The van der Waals surface area contributed by atoms with Crippen LogP contribution < -0.4 is 15.8 Å². The van der Waals surface area contributed by atoms with Crippen LogP contribution in [0.3, 0.4) is 0 Å². The van der Waals surface area contributed by atoms with Crippen LogP contribution in [0.5, 0.6) is 0 Å². The molecule has 4 heterocycles. The van der Waals surface area contributed by atoms with E-state index in [0.717, 1.165) is 56.0 Å². The second kappa shape index (κ2) is 8.11. The number of hydrogen-bond donors (Lipinski definition) is 2. The molecule has 1 aromatic carbocycles. The number of nitrogens with zero attached hydrogens (tertiary/aromatic N) is 4. The second-order valence-corrected chi connectivity index (χ2v) is 8.34. The molecule has 2 aliphatic rings. The highest BCUT2D eigenvalue weighted by molar-refractivity contribution is 5.92. The van der Waals surface area contributed by atoms with E-state index in [-0.39, 0.29) is 17.4 Å². The molecule has 2 fully saturated rings. The van der Waals surface area contributed by atoms with E-state index in [1.165, 1.54) is 0 Å². The van der Waals surface area contributed by atoms with Gasteiger partial charge in [0.2, 0.25) is 0 Å². The fraction of sp³-hybridized carbons (Fsp3) is 0.391. The predicted octanol–water partition coefficient (Wildman–Crippen LogP) is 1.75. The number of nitrogens with one attached hydrogen (secondary N) is 2. The Bertz CT molecular complexity index is 1150. The summed E-state index contributed by atoms with van der Waals surface area (Å²) in [6.07, 6.45) is 3.91. The summed E-state index contributed by atoms with van der Waals surface area (Å²) in [5, 5.41) is 3.23. The maximum absolute atomic E-state index is 12.5. The van der Waals surface area contributed by atoms with Crippen molar-refractivity contribution in [2.24, 2.45) is 0 Å². The van der Waals surface area contributed by atoms with E-state index < -0.39 is 0 Å². The Morgan fingerprint density at radius 3 is 2.77 bits per heavy atom. The van der Waals surface area contributed by atoms with Gasteiger partial charge in [0.05, 0.1) is 22.8 Å². The highest BCUT2D eigenvalue weighted by Gasteiger charge is 2.35. The number of aromatic nitrogens is 3. The molecule has 8 heteroatoms. The Morgan fingerprint density at radius 1 is 1.16 bits per heavy atom. The molecule has 0 aliphatic carbocycles. The molecule has 2 N–H and O–H groups in total. The molecule has 3 aromatic rings. The summed E-state index contributed by atoms with van der Waals surface area (Å²) in [5.74, 6) is 0.875. The van der Waals surface area contributed by atoms with Crippen molar-refractivity contribution < 1.29 is 4.79 Å². The first-order valence-electron chi connectivity index (χ1n) is 10.8. The van der Waals surface area contributed by atoms with Crippen molar-refractivity contribution in [2.45, 2.75) is 24.8 Å². The molecule has 0 bridgehead atoms. The predicted molar refractivity (Wildman–Crippen MR) is 120 cm³/mol. The number of piperidine rings is 1. The maximum Gasteiger partial charge on any atom is 0.269 e. The van der Waals surface area contributed by atoms with E-state index in [2.05, 4.69) is 25.1 Å². The van der Waals surface area contributed by atoms with Crippen molar-refractivity contribution in [3.8, 4) is 0 Å². The van der Waals surface area contributed by atoms with Crippen LogP contribution in [0.25, 0.3) is 10.9 Å². The number of carbonyl (C=O) groups is 1. The molecule has 0 radical (unpaired) electrons. The van der Waals surface area contributed by atoms with Crippen molar-refractivity contribution >= 4 is 22.5 Å². The van der Waals surface area contributed by atoms with Crippen LogP contribution in [0, 0.1) is 0 Å². The van der Waals surface area contributed by atoms with Crippen LogP contribution in [0.1, 0.15) is 35.1 Å². The van der Waals surface area contributed by atoms with Gasteiger partial charge in [-0.1, -0.05) is 12.1 Å². The summed E-state index contributed by atoms with van der Waals surface area (Å²) in [5.41, 5.74) is 2.18. The fourth-order valence-electron chi connectivity index (χ4n) is 4.59. The van der Waals surface area contributed by atoms with Crippen LogP contribution in [0.15, 0.2) is 47.4 Å². The first-order chi connectivity index (χ1) is 15.1. The largest absolute Gasteiger partial charge is 0.367 e. The van der Waals surface area contributed by atoms with Gasteiger partial charge < -0.3 is 15.2 Å². The van der Waals surface area contributed by atoms with E-state index in [1.54, 1.807) is 19.3 Å². The minimum Gasteiger partial charge on any atom is -0.367 e. The highest BCUT2D eigenvalue weighted by atomic mass is 16.1. The number of benzene rings is 1. The number of rotatable bonds is 4. The van der Waals surface area contributed by atoms with Gasteiger partial charge in [0.1, 0.15) is 11.5 Å². The molecule has 31 heavy (non-hydrogen) atoms. The normalized spacial score (nSPS) is 19.9. The lowest BCUT2D eigenvalue weighted by molar-refractivity contribution is 0.0958. The number of para-hydroxylation sites is 1. The van der Waals surface area contributed by atoms with E-state index >= 15 is 0 Å². The Morgan fingerprint density at radius 2 is 2.00 bits per heavy atom. The Balaban J connectivity index is 1.24.